The van der Waals surface area contributed by atoms with Crippen LogP contribution in [0.3, 0.4) is 0 Å². The maximum Gasteiger partial charge on any atom is 0.140 e. The molecular formula is C19H20O. The van der Waals surface area contributed by atoms with Gasteiger partial charge in [-0.25, -0.2) is 0 Å². The topological polar surface area (TPSA) is 17.1 Å². The van der Waals surface area contributed by atoms with E-state index in [1.165, 1.54) is 43.4 Å². The predicted molar refractivity (Wildman–Crippen MR) is 78.6 cm³/mol. The van der Waals surface area contributed by atoms with E-state index in [0.29, 0.717) is 12.2 Å². The van der Waals surface area contributed by atoms with E-state index in [0.717, 1.165) is 25.2 Å². The molecule has 10 radical (unpaired) electrons. The first-order valence-corrected chi connectivity index (χ1v) is 7.88. The number of fused-ring (bicyclic) bond motifs is 6. The van der Waals surface area contributed by atoms with Crippen LogP contribution in [-0.4, -0.2) is 5.78 Å². The van der Waals surface area contributed by atoms with Crippen molar-refractivity contribution in [3.05, 3.63) is 61.2 Å². The van der Waals surface area contributed by atoms with Crippen LogP contribution in [0.1, 0.15) is 51.4 Å². The first-order chi connectivity index (χ1) is 9.79. The van der Waals surface area contributed by atoms with Gasteiger partial charge in [0.25, 0.3) is 0 Å². The molecule has 6 bridgehead atoms. The molecule has 0 heterocycles. The second kappa shape index (κ2) is 5.46. The van der Waals surface area contributed by atoms with Crippen molar-refractivity contribution in [2.75, 3.05) is 0 Å². The van der Waals surface area contributed by atoms with Crippen molar-refractivity contribution in [2.24, 2.45) is 0 Å². The van der Waals surface area contributed by atoms with Crippen LogP contribution in [0.2, 0.25) is 0 Å². The lowest BCUT2D eigenvalue weighted by Crippen LogP contribution is -2.11. The summed E-state index contributed by atoms with van der Waals surface area (Å²) in [6.07, 6.45) is 17.7. The number of Topliss-reactive ketones (excluding diaryl/α,β-unsaturated/α-hetero) is 1. The van der Waals surface area contributed by atoms with Gasteiger partial charge in [-0.1, -0.05) is 12.8 Å². The lowest BCUT2D eigenvalue weighted by atomic mass is 9.80. The van der Waals surface area contributed by atoms with Crippen molar-refractivity contribution in [1.82, 2.24) is 0 Å². The van der Waals surface area contributed by atoms with Crippen molar-refractivity contribution in [3.63, 3.8) is 0 Å². The number of hydrogen-bond acceptors (Lipinski definition) is 1. The highest BCUT2D eigenvalue weighted by atomic mass is 16.1. The normalized spacial score (nSPS) is 32.5. The van der Waals surface area contributed by atoms with Gasteiger partial charge in [-0.2, -0.15) is 0 Å². The lowest BCUT2D eigenvalue weighted by molar-refractivity contribution is -0.116. The Bertz CT molecular complexity index is 348. The fourth-order valence-corrected chi connectivity index (χ4v) is 3.85. The first kappa shape index (κ1) is 13.3. The third-order valence-electron chi connectivity index (χ3n) is 4.95. The quantitative estimate of drug-likeness (QED) is 0.646. The van der Waals surface area contributed by atoms with Crippen molar-refractivity contribution >= 4 is 5.78 Å². The molecular weight excluding hydrogens is 244 g/mol. The van der Waals surface area contributed by atoms with Gasteiger partial charge >= 0.3 is 0 Å². The zero-order chi connectivity index (χ0) is 13.5. The minimum Gasteiger partial charge on any atom is -0.299 e. The standard InChI is InChI=1S/C19H20O/c20-19-8-7-13-9-14-3-1-5-16-11-18(19)12-17(16)6-2-4-15(14)10-13/h9-12H,1-8H2. The summed E-state index contributed by atoms with van der Waals surface area (Å²) in [5.41, 5.74) is 0. The molecule has 0 spiro atoms. The Kier molecular flexibility index (Phi) is 3.64. The Morgan fingerprint density at radius 2 is 1.10 bits per heavy atom. The fourth-order valence-electron chi connectivity index (χ4n) is 3.85. The summed E-state index contributed by atoms with van der Waals surface area (Å²) in [4.78, 5) is 12.3. The average molecular weight is 264 g/mol. The summed E-state index contributed by atoms with van der Waals surface area (Å²) in [6.45, 7) is 0. The van der Waals surface area contributed by atoms with Gasteiger partial charge in [-0.05, 0) is 87.4 Å². The molecule has 0 aliphatic heterocycles. The Labute approximate surface area is 123 Å². The maximum absolute atomic E-state index is 12.3. The summed E-state index contributed by atoms with van der Waals surface area (Å²) >= 11 is 0. The molecule has 0 atom stereocenters. The lowest BCUT2D eigenvalue weighted by Gasteiger charge is -2.24. The molecule has 5 fully saturated rings. The number of rotatable bonds is 0. The van der Waals surface area contributed by atoms with Crippen LogP contribution >= 0.6 is 0 Å². The molecule has 0 unspecified atom stereocenters. The molecule has 1 nitrogen and oxygen atoms in total. The van der Waals surface area contributed by atoms with Crippen molar-refractivity contribution in [2.45, 2.75) is 51.4 Å². The second-order valence-corrected chi connectivity index (χ2v) is 6.34. The highest BCUT2D eigenvalue weighted by Gasteiger charge is 2.42. The van der Waals surface area contributed by atoms with E-state index < -0.39 is 0 Å². The Hall–Kier alpha value is -0.330. The Morgan fingerprint density at radius 1 is 0.600 bits per heavy atom. The molecule has 102 valence electrons. The number of ketones is 1. The van der Waals surface area contributed by atoms with Crippen molar-refractivity contribution in [3.8, 4) is 0 Å². The molecule has 20 heavy (non-hydrogen) atoms. The number of carbonyl (C=O) groups is 1. The van der Waals surface area contributed by atoms with Gasteiger partial charge in [-0.3, -0.25) is 4.79 Å². The minimum absolute atomic E-state index is 0.322. The molecule has 5 saturated carbocycles. The summed E-state index contributed by atoms with van der Waals surface area (Å²) in [5, 5.41) is 0. The van der Waals surface area contributed by atoms with Crippen LogP contribution in [0.15, 0.2) is 0 Å². The van der Waals surface area contributed by atoms with Gasteiger partial charge in [0.15, 0.2) is 0 Å². The molecule has 5 aliphatic rings. The van der Waals surface area contributed by atoms with Gasteiger partial charge in [0, 0.05) is 12.3 Å². The van der Waals surface area contributed by atoms with E-state index in [2.05, 4.69) is 25.7 Å². The molecule has 0 aromatic carbocycles. The highest BCUT2D eigenvalue weighted by Crippen LogP contribution is 2.52. The van der Waals surface area contributed by atoms with Crippen LogP contribution in [0, 0.1) is 61.2 Å². The average Bonchev–Trinajstić information content (AvgIpc) is 3.01. The second-order valence-electron chi connectivity index (χ2n) is 6.34. The van der Waals surface area contributed by atoms with Crippen LogP contribution < -0.4 is 0 Å². The predicted octanol–water partition coefficient (Wildman–Crippen LogP) is 3.99. The monoisotopic (exact) mass is 264 g/mol. The minimum atomic E-state index is 0.322. The molecule has 5 rings (SSSR count). The van der Waals surface area contributed by atoms with E-state index in [1.807, 2.05) is 0 Å². The molecule has 0 aromatic heterocycles. The summed E-state index contributed by atoms with van der Waals surface area (Å²) in [6, 6.07) is 0. The van der Waals surface area contributed by atoms with Gasteiger partial charge in [0.05, 0.1) is 0 Å². The zero-order valence-electron chi connectivity index (χ0n) is 11.9. The third-order valence-corrected chi connectivity index (χ3v) is 4.95. The SMILES string of the molecule is O=C1CC[C]2[CH][C]3CCC[C]4[CH][C]1[CH][C]4CCC[C]3[CH]2. The van der Waals surface area contributed by atoms with E-state index >= 15 is 0 Å². The van der Waals surface area contributed by atoms with Crippen LogP contribution in [-0.2, 0) is 4.79 Å². The molecule has 0 N–H and O–H groups in total. The molecule has 0 aromatic rings. The van der Waals surface area contributed by atoms with Gasteiger partial charge < -0.3 is 0 Å². The molecule has 5 aliphatic carbocycles. The maximum atomic E-state index is 12.3. The van der Waals surface area contributed by atoms with E-state index in [-0.39, 0.29) is 0 Å². The molecule has 0 saturated heterocycles. The summed E-state index contributed by atoms with van der Waals surface area (Å²) in [7, 11) is 0. The smallest absolute Gasteiger partial charge is 0.140 e. The summed E-state index contributed by atoms with van der Waals surface area (Å²) in [5.74, 6) is 8.61. The van der Waals surface area contributed by atoms with Gasteiger partial charge in [0.1, 0.15) is 5.78 Å². The van der Waals surface area contributed by atoms with Crippen LogP contribution in [0.25, 0.3) is 0 Å². The van der Waals surface area contributed by atoms with E-state index in [9.17, 15) is 4.79 Å². The largest absolute Gasteiger partial charge is 0.299 e. The fraction of sp³-hybridized carbons (Fsp3) is 0.421. The molecule has 0 amide bonds. The first-order valence-electron chi connectivity index (χ1n) is 7.88. The third kappa shape index (κ3) is 2.46. The highest BCUT2D eigenvalue weighted by molar-refractivity contribution is 5.98. The number of carbonyl (C=O) groups excluding carboxylic acids is 1. The zero-order valence-corrected chi connectivity index (χ0v) is 11.9. The van der Waals surface area contributed by atoms with Gasteiger partial charge in [0.2, 0.25) is 0 Å². The van der Waals surface area contributed by atoms with E-state index in [4.69, 9.17) is 0 Å². The Morgan fingerprint density at radius 3 is 1.65 bits per heavy atom. The van der Waals surface area contributed by atoms with Crippen LogP contribution in [0.4, 0.5) is 0 Å². The van der Waals surface area contributed by atoms with Crippen molar-refractivity contribution < 1.29 is 4.79 Å². The Balaban J connectivity index is 1.60. The summed E-state index contributed by atoms with van der Waals surface area (Å²) < 4.78 is 0. The number of hydrogen-bond donors (Lipinski definition) is 0. The van der Waals surface area contributed by atoms with Crippen LogP contribution in [0.5, 0.6) is 0 Å². The van der Waals surface area contributed by atoms with Gasteiger partial charge in [-0.15, -0.1) is 0 Å². The van der Waals surface area contributed by atoms with E-state index in [1.54, 1.807) is 11.8 Å². The van der Waals surface area contributed by atoms with Crippen molar-refractivity contribution in [1.29, 1.82) is 0 Å². The molecule has 1 heteroatoms.